The largest absolute Gasteiger partial charge is 0.383 e. The van der Waals surface area contributed by atoms with Gasteiger partial charge in [-0.15, -0.1) is 0 Å². The van der Waals surface area contributed by atoms with E-state index in [-0.39, 0.29) is 5.91 Å². The van der Waals surface area contributed by atoms with E-state index in [0.29, 0.717) is 43.9 Å². The molecular weight excluding hydrogens is 402 g/mol. The molecule has 31 heavy (non-hydrogen) atoms. The van der Waals surface area contributed by atoms with Crippen LogP contribution in [0.1, 0.15) is 25.6 Å². The number of rotatable bonds is 10. The van der Waals surface area contributed by atoms with Crippen molar-refractivity contribution in [3.8, 4) is 0 Å². The molecule has 0 spiro atoms. The van der Waals surface area contributed by atoms with E-state index in [0.717, 1.165) is 44.8 Å². The standard InChI is InChI=1S/C20H33N7O4/c1-4-5-7-27-18-17(19(29)23-20(27)30)24(2)15(22-18)13-25-8-10-26(11-9-25)14-16(28)21-6-12-31-3/h4-14H2,1-3H3,(H,21,28)(H,23,29,30). The van der Waals surface area contributed by atoms with E-state index in [1.54, 1.807) is 16.2 Å². The second kappa shape index (κ2) is 10.7. The molecule has 0 aromatic carbocycles. The normalized spacial score (nSPS) is 15.6. The second-order valence-corrected chi connectivity index (χ2v) is 7.92. The Morgan fingerprint density at radius 1 is 1.19 bits per heavy atom. The summed E-state index contributed by atoms with van der Waals surface area (Å²) in [6.07, 6.45) is 1.79. The van der Waals surface area contributed by atoms with Crippen LogP contribution in [0, 0.1) is 0 Å². The van der Waals surface area contributed by atoms with Gasteiger partial charge in [-0.3, -0.25) is 28.9 Å². The van der Waals surface area contributed by atoms with Crippen LogP contribution in [0.25, 0.3) is 11.2 Å². The lowest BCUT2D eigenvalue weighted by Gasteiger charge is -2.33. The van der Waals surface area contributed by atoms with Crippen LogP contribution < -0.4 is 16.6 Å². The summed E-state index contributed by atoms with van der Waals surface area (Å²) in [6, 6.07) is 0. The topological polar surface area (TPSA) is 117 Å². The molecule has 2 aromatic rings. The van der Waals surface area contributed by atoms with Crippen molar-refractivity contribution >= 4 is 17.1 Å². The Balaban J connectivity index is 1.65. The first-order valence-electron chi connectivity index (χ1n) is 10.8. The van der Waals surface area contributed by atoms with Crippen molar-refractivity contribution in [3.05, 3.63) is 26.7 Å². The molecule has 11 heteroatoms. The molecule has 1 saturated heterocycles. The molecule has 0 radical (unpaired) electrons. The van der Waals surface area contributed by atoms with Crippen molar-refractivity contribution in [2.24, 2.45) is 7.05 Å². The number of nitrogens with one attached hydrogen (secondary N) is 2. The molecule has 1 fully saturated rings. The number of hydrogen-bond donors (Lipinski definition) is 2. The number of aromatic nitrogens is 4. The molecule has 2 N–H and O–H groups in total. The molecular formula is C20H33N7O4. The molecule has 11 nitrogen and oxygen atoms in total. The molecule has 0 unspecified atom stereocenters. The molecule has 0 aliphatic carbocycles. The fourth-order valence-electron chi connectivity index (χ4n) is 3.81. The summed E-state index contributed by atoms with van der Waals surface area (Å²) >= 11 is 0. The zero-order valence-corrected chi connectivity index (χ0v) is 18.6. The first-order valence-corrected chi connectivity index (χ1v) is 10.8. The predicted molar refractivity (Wildman–Crippen MR) is 117 cm³/mol. The number of H-pyrrole nitrogens is 1. The number of imidazole rings is 1. The van der Waals surface area contributed by atoms with Crippen LogP contribution in [-0.2, 0) is 29.7 Å². The summed E-state index contributed by atoms with van der Waals surface area (Å²) in [5.74, 6) is 0.757. The van der Waals surface area contributed by atoms with Crippen LogP contribution >= 0.6 is 0 Å². The summed E-state index contributed by atoms with van der Waals surface area (Å²) < 4.78 is 8.28. The van der Waals surface area contributed by atoms with Gasteiger partial charge in [0.2, 0.25) is 5.91 Å². The summed E-state index contributed by atoms with van der Waals surface area (Å²) in [7, 11) is 3.42. The number of fused-ring (bicyclic) bond motifs is 1. The predicted octanol–water partition coefficient (Wildman–Crippen LogP) is -0.896. The average Bonchev–Trinajstić information content (AvgIpc) is 3.06. The maximum atomic E-state index is 12.4. The monoisotopic (exact) mass is 435 g/mol. The Kier molecular flexibility index (Phi) is 7.99. The van der Waals surface area contributed by atoms with Crippen LogP contribution in [0.5, 0.6) is 0 Å². The molecule has 3 rings (SSSR count). The molecule has 1 amide bonds. The van der Waals surface area contributed by atoms with Crippen molar-refractivity contribution in [1.82, 2.24) is 34.2 Å². The minimum absolute atomic E-state index is 0.00475. The smallest absolute Gasteiger partial charge is 0.330 e. The third kappa shape index (κ3) is 5.60. The highest BCUT2D eigenvalue weighted by molar-refractivity contribution is 5.78. The molecule has 1 aliphatic rings. The van der Waals surface area contributed by atoms with Crippen molar-refractivity contribution in [3.63, 3.8) is 0 Å². The van der Waals surface area contributed by atoms with E-state index in [1.807, 2.05) is 7.05 Å². The van der Waals surface area contributed by atoms with Gasteiger partial charge >= 0.3 is 5.69 Å². The third-order valence-electron chi connectivity index (χ3n) is 5.67. The van der Waals surface area contributed by atoms with Gasteiger partial charge in [0.15, 0.2) is 11.2 Å². The Morgan fingerprint density at radius 2 is 1.90 bits per heavy atom. The van der Waals surface area contributed by atoms with E-state index < -0.39 is 11.2 Å². The van der Waals surface area contributed by atoms with Gasteiger partial charge in [-0.1, -0.05) is 13.3 Å². The van der Waals surface area contributed by atoms with Gasteiger partial charge in [-0.25, -0.2) is 9.78 Å². The summed E-state index contributed by atoms with van der Waals surface area (Å²) in [5.41, 5.74) is 0.0643. The molecule has 2 aromatic heterocycles. The second-order valence-electron chi connectivity index (χ2n) is 7.92. The number of aryl methyl sites for hydroxylation is 2. The first-order chi connectivity index (χ1) is 14.9. The SMILES string of the molecule is CCCCn1c(=O)[nH]c(=O)c2c1nc(CN1CCN(CC(=O)NCCOC)CC1)n2C. The number of methoxy groups -OCH3 is 1. The van der Waals surface area contributed by atoms with E-state index >= 15 is 0 Å². The zero-order valence-electron chi connectivity index (χ0n) is 18.6. The van der Waals surface area contributed by atoms with E-state index in [9.17, 15) is 14.4 Å². The fourth-order valence-corrected chi connectivity index (χ4v) is 3.81. The van der Waals surface area contributed by atoms with E-state index in [1.165, 1.54) is 0 Å². The van der Waals surface area contributed by atoms with E-state index in [4.69, 9.17) is 4.74 Å². The highest BCUT2D eigenvalue weighted by Gasteiger charge is 2.22. The number of carbonyl (C=O) groups excluding carboxylic acids is 1. The van der Waals surface area contributed by atoms with Crippen LogP contribution in [0.15, 0.2) is 9.59 Å². The number of hydrogen-bond acceptors (Lipinski definition) is 7. The minimum Gasteiger partial charge on any atom is -0.383 e. The van der Waals surface area contributed by atoms with Crippen molar-refractivity contribution in [2.45, 2.75) is 32.9 Å². The molecule has 1 aliphatic heterocycles. The number of aromatic amines is 1. The van der Waals surface area contributed by atoms with Crippen LogP contribution in [-0.4, -0.2) is 87.8 Å². The molecule has 0 saturated carbocycles. The Bertz CT molecular complexity index is 1000. The number of carbonyl (C=O) groups is 1. The molecule has 172 valence electrons. The molecule has 3 heterocycles. The summed E-state index contributed by atoms with van der Waals surface area (Å²) in [6.45, 7) is 7.74. The van der Waals surface area contributed by atoms with Crippen molar-refractivity contribution in [2.75, 3.05) is 53.0 Å². The lowest BCUT2D eigenvalue weighted by Crippen LogP contribution is -2.49. The van der Waals surface area contributed by atoms with Gasteiger partial charge in [0.05, 0.1) is 19.7 Å². The quantitative estimate of drug-likeness (QED) is 0.465. The summed E-state index contributed by atoms with van der Waals surface area (Å²) in [4.78, 5) is 48.1. The number of ether oxygens (including phenoxy) is 1. The van der Waals surface area contributed by atoms with Gasteiger partial charge in [0.25, 0.3) is 5.56 Å². The van der Waals surface area contributed by atoms with Crippen LogP contribution in [0.3, 0.4) is 0 Å². The number of piperazine rings is 1. The minimum atomic E-state index is -0.409. The van der Waals surface area contributed by atoms with Gasteiger partial charge in [-0.2, -0.15) is 0 Å². The van der Waals surface area contributed by atoms with Gasteiger partial charge in [-0.05, 0) is 6.42 Å². The Labute approximate surface area is 181 Å². The average molecular weight is 436 g/mol. The maximum Gasteiger partial charge on any atom is 0.330 e. The Morgan fingerprint density at radius 3 is 2.58 bits per heavy atom. The number of amides is 1. The number of nitrogens with zero attached hydrogens (tertiary/aromatic N) is 5. The highest BCUT2D eigenvalue weighted by Crippen LogP contribution is 2.13. The fraction of sp³-hybridized carbons (Fsp3) is 0.700. The molecule has 0 bridgehead atoms. The van der Waals surface area contributed by atoms with Gasteiger partial charge in [0, 0.05) is 53.4 Å². The maximum absolute atomic E-state index is 12.4. The first kappa shape index (κ1) is 23.2. The summed E-state index contributed by atoms with van der Waals surface area (Å²) in [5, 5.41) is 2.84. The van der Waals surface area contributed by atoms with Crippen LogP contribution in [0.2, 0.25) is 0 Å². The van der Waals surface area contributed by atoms with E-state index in [2.05, 4.69) is 32.0 Å². The lowest BCUT2D eigenvalue weighted by atomic mass is 10.3. The van der Waals surface area contributed by atoms with Crippen LogP contribution in [0.4, 0.5) is 0 Å². The zero-order chi connectivity index (χ0) is 22.4. The lowest BCUT2D eigenvalue weighted by molar-refractivity contribution is -0.122. The van der Waals surface area contributed by atoms with Crippen molar-refractivity contribution in [1.29, 1.82) is 0 Å². The number of unbranched alkanes of at least 4 members (excludes halogenated alkanes) is 1. The molecule has 0 atom stereocenters. The van der Waals surface area contributed by atoms with Gasteiger partial charge in [0.1, 0.15) is 5.82 Å². The highest BCUT2D eigenvalue weighted by atomic mass is 16.5. The van der Waals surface area contributed by atoms with Gasteiger partial charge < -0.3 is 14.6 Å². The Hall–Kier alpha value is -2.50. The third-order valence-corrected chi connectivity index (χ3v) is 5.67. The van der Waals surface area contributed by atoms with Crippen molar-refractivity contribution < 1.29 is 9.53 Å².